The number of hydrogen-bond donors (Lipinski definition) is 3. The number of benzene rings is 1. The van der Waals surface area contributed by atoms with Crippen molar-refractivity contribution in [2.45, 2.75) is 38.3 Å². The normalized spacial score (nSPS) is 18.6. The first-order chi connectivity index (χ1) is 14.6. The fraction of sp³-hybridized carbons (Fsp3) is 0.273. The van der Waals surface area contributed by atoms with Crippen molar-refractivity contribution < 1.29 is 9.59 Å². The lowest BCUT2D eigenvalue weighted by molar-refractivity contribution is -0.124. The maximum atomic E-state index is 12.0. The molecule has 1 atom stereocenters. The van der Waals surface area contributed by atoms with E-state index in [9.17, 15) is 9.59 Å². The molecule has 1 aliphatic heterocycles. The van der Waals surface area contributed by atoms with Gasteiger partial charge >= 0.3 is 0 Å². The summed E-state index contributed by atoms with van der Waals surface area (Å²) >= 11 is 0. The third-order valence-corrected chi connectivity index (χ3v) is 5.32. The number of carbonyl (C=O) groups excluding carboxylic acids is 2. The largest absolute Gasteiger partial charge is 0.367 e. The number of rotatable bonds is 6. The second-order valence-corrected chi connectivity index (χ2v) is 7.78. The van der Waals surface area contributed by atoms with Crippen molar-refractivity contribution in [1.29, 1.82) is 0 Å². The molecule has 3 aromatic rings. The Kier molecular flexibility index (Phi) is 4.46. The summed E-state index contributed by atoms with van der Waals surface area (Å²) in [5.41, 5.74) is 2.91. The van der Waals surface area contributed by atoms with Crippen LogP contribution >= 0.6 is 0 Å². The van der Waals surface area contributed by atoms with Crippen LogP contribution in [0.1, 0.15) is 43.4 Å². The molecule has 2 aliphatic rings. The summed E-state index contributed by atoms with van der Waals surface area (Å²) < 4.78 is 1.75. The topological polar surface area (TPSA) is 100 Å². The maximum absolute atomic E-state index is 12.0. The van der Waals surface area contributed by atoms with Crippen molar-refractivity contribution in [2.24, 2.45) is 0 Å². The number of fused-ring (bicyclic) bond motifs is 1. The molecule has 152 valence electrons. The molecule has 0 bridgehead atoms. The molecule has 8 nitrogen and oxygen atoms in total. The van der Waals surface area contributed by atoms with Crippen LogP contribution in [0, 0.1) is 0 Å². The van der Waals surface area contributed by atoms with Gasteiger partial charge in [-0.1, -0.05) is 30.3 Å². The number of imide groups is 1. The molecular formula is C22H22N6O2. The Morgan fingerprint density at radius 1 is 1.23 bits per heavy atom. The third-order valence-electron chi connectivity index (χ3n) is 5.32. The molecular weight excluding hydrogens is 380 g/mol. The van der Waals surface area contributed by atoms with Gasteiger partial charge in [0, 0.05) is 29.3 Å². The highest BCUT2D eigenvalue weighted by atomic mass is 16.2. The molecule has 1 saturated heterocycles. The Balaban J connectivity index is 1.53. The van der Waals surface area contributed by atoms with Gasteiger partial charge < -0.3 is 10.6 Å². The first kappa shape index (κ1) is 18.4. The van der Waals surface area contributed by atoms with E-state index in [2.05, 4.69) is 40.1 Å². The number of nitrogens with one attached hydrogen (secondary N) is 3. The second-order valence-electron chi connectivity index (χ2n) is 7.78. The van der Waals surface area contributed by atoms with Crippen molar-refractivity contribution in [3.8, 4) is 0 Å². The molecule has 0 radical (unpaired) electrons. The average Bonchev–Trinajstić information content (AvgIpc) is 3.37. The van der Waals surface area contributed by atoms with E-state index < -0.39 is 0 Å². The zero-order valence-electron chi connectivity index (χ0n) is 16.6. The van der Waals surface area contributed by atoms with Crippen LogP contribution in [-0.4, -0.2) is 32.5 Å². The molecule has 3 N–H and O–H groups in total. The fourth-order valence-electron chi connectivity index (χ4n) is 3.55. The number of amides is 2. The lowest BCUT2D eigenvalue weighted by atomic mass is 10.1. The summed E-state index contributed by atoms with van der Waals surface area (Å²) in [4.78, 5) is 28.2. The van der Waals surface area contributed by atoms with Crippen LogP contribution < -0.4 is 16.0 Å². The summed E-state index contributed by atoms with van der Waals surface area (Å²) in [5.74, 6) is 0.921. The van der Waals surface area contributed by atoms with Crippen LogP contribution in [0.4, 0.5) is 11.6 Å². The van der Waals surface area contributed by atoms with E-state index in [-0.39, 0.29) is 24.3 Å². The van der Waals surface area contributed by atoms with Crippen molar-refractivity contribution in [3.63, 3.8) is 0 Å². The van der Waals surface area contributed by atoms with Gasteiger partial charge in [0.15, 0.2) is 5.65 Å². The van der Waals surface area contributed by atoms with Crippen LogP contribution in [0.2, 0.25) is 0 Å². The average molecular weight is 402 g/mol. The number of aromatic nitrogens is 3. The van der Waals surface area contributed by atoms with Gasteiger partial charge in [0.05, 0.1) is 12.6 Å². The minimum Gasteiger partial charge on any atom is -0.367 e. The van der Waals surface area contributed by atoms with Gasteiger partial charge in [0.2, 0.25) is 5.91 Å². The molecule has 8 heteroatoms. The smallest absolute Gasteiger partial charge is 0.254 e. The molecule has 2 aromatic heterocycles. The second kappa shape index (κ2) is 7.29. The Hall–Kier alpha value is -3.68. The first-order valence-corrected chi connectivity index (χ1v) is 10.1. The quantitative estimate of drug-likeness (QED) is 0.433. The molecule has 3 heterocycles. The zero-order chi connectivity index (χ0) is 20.7. The monoisotopic (exact) mass is 402 g/mol. The van der Waals surface area contributed by atoms with Crippen molar-refractivity contribution in [2.75, 3.05) is 10.6 Å². The van der Waals surface area contributed by atoms with Crippen LogP contribution in [0.15, 0.2) is 48.2 Å². The Labute approximate surface area is 173 Å². The molecule has 0 spiro atoms. The zero-order valence-corrected chi connectivity index (χ0v) is 16.6. The van der Waals surface area contributed by atoms with E-state index in [4.69, 9.17) is 4.98 Å². The summed E-state index contributed by atoms with van der Waals surface area (Å²) in [6, 6.07) is 12.6. The predicted molar refractivity (Wildman–Crippen MR) is 114 cm³/mol. The summed E-state index contributed by atoms with van der Waals surface area (Å²) in [6.07, 6.45) is 5.71. The predicted octanol–water partition coefficient (Wildman–Crippen LogP) is 2.91. The first-order valence-electron chi connectivity index (χ1n) is 10.1. The molecule has 1 saturated carbocycles. The molecule has 1 aliphatic carbocycles. The summed E-state index contributed by atoms with van der Waals surface area (Å²) in [5, 5.41) is 13.7. The highest BCUT2D eigenvalue weighted by Gasteiger charge is 2.26. The van der Waals surface area contributed by atoms with Crippen molar-refractivity contribution >= 4 is 35.2 Å². The fourth-order valence-corrected chi connectivity index (χ4v) is 3.55. The minimum absolute atomic E-state index is 0.0675. The Morgan fingerprint density at radius 3 is 2.73 bits per heavy atom. The van der Waals surface area contributed by atoms with E-state index in [1.807, 2.05) is 24.3 Å². The third kappa shape index (κ3) is 3.63. The van der Waals surface area contributed by atoms with Gasteiger partial charge in [0.25, 0.3) is 5.91 Å². The highest BCUT2D eigenvalue weighted by molar-refractivity contribution is 6.15. The highest BCUT2D eigenvalue weighted by Crippen LogP contribution is 2.29. The summed E-state index contributed by atoms with van der Waals surface area (Å²) in [6.45, 7) is 2.09. The van der Waals surface area contributed by atoms with Gasteiger partial charge in [-0.05, 0) is 31.4 Å². The molecule has 5 rings (SSSR count). The Bertz CT molecular complexity index is 1160. The Morgan fingerprint density at radius 2 is 2.03 bits per heavy atom. The molecule has 1 aromatic carbocycles. The van der Waals surface area contributed by atoms with E-state index in [1.54, 1.807) is 16.8 Å². The molecule has 30 heavy (non-hydrogen) atoms. The van der Waals surface area contributed by atoms with Gasteiger partial charge in [-0.25, -0.2) is 4.98 Å². The number of anilines is 2. The number of carbonyl (C=O) groups is 2. The molecule has 2 amide bonds. The summed E-state index contributed by atoms with van der Waals surface area (Å²) in [7, 11) is 0. The van der Waals surface area contributed by atoms with Crippen molar-refractivity contribution in [1.82, 2.24) is 19.9 Å². The standard InChI is InChI=1S/C22H22N6O2/c1-13(14-5-3-2-4-6-14)24-18-11-19(25-17-7-8-17)28-21(26-18)16(12-23-28)9-15-10-20(29)27-22(15)30/h2-6,9,11-13,17,25H,7-8,10H2,1H3,(H,24,26)(H,27,29,30). The maximum Gasteiger partial charge on any atom is 0.254 e. The van der Waals surface area contributed by atoms with Crippen LogP contribution in [0.5, 0.6) is 0 Å². The lowest BCUT2D eigenvalue weighted by Crippen LogP contribution is -2.19. The van der Waals surface area contributed by atoms with E-state index in [0.717, 1.165) is 24.2 Å². The lowest BCUT2D eigenvalue weighted by Gasteiger charge is -2.17. The van der Waals surface area contributed by atoms with Crippen LogP contribution in [0.25, 0.3) is 11.7 Å². The van der Waals surface area contributed by atoms with Crippen LogP contribution in [0.3, 0.4) is 0 Å². The van der Waals surface area contributed by atoms with Crippen molar-refractivity contribution in [3.05, 3.63) is 59.3 Å². The van der Waals surface area contributed by atoms with Gasteiger partial charge in [-0.15, -0.1) is 0 Å². The molecule has 2 fully saturated rings. The van der Waals surface area contributed by atoms with E-state index >= 15 is 0 Å². The van der Waals surface area contributed by atoms with Gasteiger partial charge in [-0.2, -0.15) is 9.61 Å². The molecule has 1 unspecified atom stereocenters. The SMILES string of the molecule is CC(Nc1cc(NC2CC2)n2ncc(C=C3CC(=O)NC3=O)c2n1)c1ccccc1. The van der Waals surface area contributed by atoms with E-state index in [0.29, 0.717) is 28.6 Å². The minimum atomic E-state index is -0.359. The van der Waals surface area contributed by atoms with Gasteiger partial charge in [0.1, 0.15) is 11.6 Å². The van der Waals surface area contributed by atoms with Crippen LogP contribution in [-0.2, 0) is 9.59 Å². The van der Waals surface area contributed by atoms with Gasteiger partial charge in [-0.3, -0.25) is 14.9 Å². The number of hydrogen-bond acceptors (Lipinski definition) is 6. The van der Waals surface area contributed by atoms with E-state index in [1.165, 1.54) is 0 Å². The number of nitrogens with zero attached hydrogens (tertiary/aromatic N) is 3.